The van der Waals surface area contributed by atoms with Gasteiger partial charge in [0, 0.05) is 6.08 Å². The van der Waals surface area contributed by atoms with Crippen LogP contribution in [0.4, 0.5) is 8.78 Å². The summed E-state index contributed by atoms with van der Waals surface area (Å²) in [5.41, 5.74) is 0.444. The van der Waals surface area contributed by atoms with Crippen LogP contribution in [0.25, 0.3) is 6.08 Å². The summed E-state index contributed by atoms with van der Waals surface area (Å²) in [5.74, 6) is 0. The normalized spacial score (nSPS) is 9.11. The van der Waals surface area contributed by atoms with E-state index in [-0.39, 0.29) is 0 Å². The fourth-order valence-electron chi connectivity index (χ4n) is 0.439. The van der Waals surface area contributed by atoms with Crippen LogP contribution in [0.15, 0.2) is 17.5 Å². The highest BCUT2D eigenvalue weighted by Crippen LogP contribution is 2.10. The van der Waals surface area contributed by atoms with E-state index < -0.39 is 6.08 Å². The molecule has 0 unspecified atom stereocenters. The second-order valence-corrected chi connectivity index (χ2v) is 2.12. The molecule has 1 radical (unpaired) electrons. The molecule has 1 rings (SSSR count). The first-order valence-electron chi connectivity index (χ1n) is 2.27. The summed E-state index contributed by atoms with van der Waals surface area (Å²) in [7, 11) is 0. The van der Waals surface area contributed by atoms with Crippen molar-refractivity contribution < 1.29 is 8.78 Å². The van der Waals surface area contributed by atoms with Crippen LogP contribution in [0.2, 0.25) is 0 Å². The maximum atomic E-state index is 11.4. The average molecular weight is 145 g/mol. The standard InChI is InChI=1S/C6H3F2S/c7-6(8)3-5-1-2-9-4-5/h1-3H. The van der Waals surface area contributed by atoms with Gasteiger partial charge in [-0.2, -0.15) is 8.78 Å². The summed E-state index contributed by atoms with van der Waals surface area (Å²) in [5, 5.41) is 4.36. The minimum Gasteiger partial charge on any atom is -0.173 e. The molecule has 0 spiro atoms. The maximum absolute atomic E-state index is 11.4. The van der Waals surface area contributed by atoms with E-state index in [9.17, 15) is 8.78 Å². The van der Waals surface area contributed by atoms with E-state index in [0.29, 0.717) is 5.56 Å². The molecular weight excluding hydrogens is 142 g/mol. The number of halogens is 2. The Labute approximate surface area is 55.4 Å². The molecule has 0 saturated heterocycles. The van der Waals surface area contributed by atoms with Gasteiger partial charge in [-0.05, 0) is 17.0 Å². The molecule has 47 valence electrons. The van der Waals surface area contributed by atoms with Crippen LogP contribution in [0.1, 0.15) is 5.56 Å². The molecular formula is C6H3F2S. The predicted octanol–water partition coefficient (Wildman–Crippen LogP) is 2.79. The van der Waals surface area contributed by atoms with E-state index in [4.69, 9.17) is 0 Å². The van der Waals surface area contributed by atoms with Crippen LogP contribution in [0.5, 0.6) is 0 Å². The maximum Gasteiger partial charge on any atom is 0.270 e. The second-order valence-electron chi connectivity index (χ2n) is 1.41. The third kappa shape index (κ3) is 1.93. The van der Waals surface area contributed by atoms with Crippen LogP contribution in [-0.4, -0.2) is 0 Å². The van der Waals surface area contributed by atoms with E-state index in [2.05, 4.69) is 5.38 Å². The zero-order valence-corrected chi connectivity index (χ0v) is 5.21. The summed E-state index contributed by atoms with van der Waals surface area (Å²) in [6, 6.07) is 1.59. The van der Waals surface area contributed by atoms with Crippen LogP contribution < -0.4 is 0 Å². The quantitative estimate of drug-likeness (QED) is 0.570. The fraction of sp³-hybridized carbons (Fsp3) is 0. The number of hydrogen-bond donors (Lipinski definition) is 0. The molecule has 0 saturated carbocycles. The molecule has 1 aromatic heterocycles. The lowest BCUT2D eigenvalue weighted by Gasteiger charge is -1.76. The molecule has 0 nitrogen and oxygen atoms in total. The Morgan fingerprint density at radius 1 is 1.67 bits per heavy atom. The minimum atomic E-state index is -1.68. The molecule has 0 N–H and O–H groups in total. The van der Waals surface area contributed by atoms with Crippen molar-refractivity contribution in [1.82, 2.24) is 0 Å². The second kappa shape index (κ2) is 2.73. The Bertz CT molecular complexity index is 197. The number of hydrogen-bond acceptors (Lipinski definition) is 1. The summed E-state index contributed by atoms with van der Waals surface area (Å²) in [4.78, 5) is 0. The van der Waals surface area contributed by atoms with E-state index >= 15 is 0 Å². The molecule has 0 fully saturated rings. The minimum absolute atomic E-state index is 0.444. The lowest BCUT2D eigenvalue weighted by atomic mass is 10.3. The third-order valence-corrected chi connectivity index (χ3v) is 1.38. The summed E-state index contributed by atoms with van der Waals surface area (Å²) >= 11 is 1.28. The fourth-order valence-corrected chi connectivity index (χ4v) is 0.984. The van der Waals surface area contributed by atoms with Crippen molar-refractivity contribution in [3.63, 3.8) is 0 Å². The molecule has 0 aliphatic heterocycles. The van der Waals surface area contributed by atoms with Crippen molar-refractivity contribution in [3.05, 3.63) is 28.5 Å². The number of thiophene rings is 1. The van der Waals surface area contributed by atoms with E-state index in [0.717, 1.165) is 6.08 Å². The Morgan fingerprint density at radius 3 is 2.89 bits per heavy atom. The smallest absolute Gasteiger partial charge is 0.173 e. The topological polar surface area (TPSA) is 0 Å². The highest BCUT2D eigenvalue weighted by Gasteiger charge is 1.90. The highest BCUT2D eigenvalue weighted by atomic mass is 32.1. The van der Waals surface area contributed by atoms with Gasteiger partial charge in [0.25, 0.3) is 6.08 Å². The Morgan fingerprint density at radius 2 is 2.44 bits per heavy atom. The van der Waals surface area contributed by atoms with Gasteiger partial charge in [-0.1, -0.05) is 0 Å². The largest absolute Gasteiger partial charge is 0.270 e. The molecule has 0 amide bonds. The van der Waals surface area contributed by atoms with Crippen LogP contribution in [0, 0.1) is 5.38 Å². The van der Waals surface area contributed by atoms with Crippen molar-refractivity contribution in [2.75, 3.05) is 0 Å². The Balaban J connectivity index is 2.80. The molecule has 0 bridgehead atoms. The van der Waals surface area contributed by atoms with Crippen molar-refractivity contribution in [2.45, 2.75) is 0 Å². The lowest BCUT2D eigenvalue weighted by molar-refractivity contribution is 0.429. The van der Waals surface area contributed by atoms with Gasteiger partial charge < -0.3 is 0 Å². The van der Waals surface area contributed by atoms with Gasteiger partial charge in [0.2, 0.25) is 0 Å². The van der Waals surface area contributed by atoms with E-state index in [1.54, 1.807) is 11.4 Å². The zero-order chi connectivity index (χ0) is 6.69. The van der Waals surface area contributed by atoms with Crippen molar-refractivity contribution >= 4 is 17.4 Å². The van der Waals surface area contributed by atoms with Gasteiger partial charge in [0.15, 0.2) is 0 Å². The first-order valence-corrected chi connectivity index (χ1v) is 3.15. The summed E-state index contributed by atoms with van der Waals surface area (Å²) in [6.07, 6.45) is -0.888. The monoisotopic (exact) mass is 145 g/mol. The zero-order valence-electron chi connectivity index (χ0n) is 4.40. The highest BCUT2D eigenvalue weighted by molar-refractivity contribution is 7.07. The average Bonchev–Trinajstić information content (AvgIpc) is 2.15. The van der Waals surface area contributed by atoms with Gasteiger partial charge in [0.1, 0.15) is 0 Å². The molecule has 0 aromatic carbocycles. The predicted molar refractivity (Wildman–Crippen MR) is 33.3 cm³/mol. The van der Waals surface area contributed by atoms with Gasteiger partial charge in [-0.15, -0.1) is 11.3 Å². The van der Waals surface area contributed by atoms with Gasteiger partial charge in [0.05, 0.1) is 5.38 Å². The molecule has 1 aromatic rings. The molecule has 9 heavy (non-hydrogen) atoms. The third-order valence-electron chi connectivity index (χ3n) is 0.757. The molecule has 0 aliphatic rings. The van der Waals surface area contributed by atoms with Crippen LogP contribution >= 0.6 is 11.3 Å². The Kier molecular flexibility index (Phi) is 1.95. The molecule has 0 atom stereocenters. The van der Waals surface area contributed by atoms with E-state index in [1.807, 2.05) is 0 Å². The molecule has 3 heteroatoms. The lowest BCUT2D eigenvalue weighted by Crippen LogP contribution is -1.60. The van der Waals surface area contributed by atoms with Gasteiger partial charge in [-0.3, -0.25) is 0 Å². The first-order chi connectivity index (χ1) is 4.29. The molecule has 1 heterocycles. The van der Waals surface area contributed by atoms with Gasteiger partial charge >= 0.3 is 0 Å². The first kappa shape index (κ1) is 6.42. The van der Waals surface area contributed by atoms with Gasteiger partial charge in [-0.25, -0.2) is 0 Å². The summed E-state index contributed by atoms with van der Waals surface area (Å²) < 4.78 is 22.9. The summed E-state index contributed by atoms with van der Waals surface area (Å²) in [6.45, 7) is 0. The number of rotatable bonds is 1. The van der Waals surface area contributed by atoms with Crippen LogP contribution in [-0.2, 0) is 0 Å². The van der Waals surface area contributed by atoms with Crippen molar-refractivity contribution in [1.29, 1.82) is 0 Å². The molecule has 0 aliphatic carbocycles. The van der Waals surface area contributed by atoms with E-state index in [1.165, 1.54) is 11.3 Å². The Hall–Kier alpha value is -0.700. The van der Waals surface area contributed by atoms with Crippen molar-refractivity contribution in [3.8, 4) is 0 Å². The van der Waals surface area contributed by atoms with Crippen LogP contribution in [0.3, 0.4) is 0 Å². The SMILES string of the molecule is FC(F)=Cc1[c]scc1. The van der Waals surface area contributed by atoms with Crippen molar-refractivity contribution in [2.24, 2.45) is 0 Å².